The molecule has 1 aliphatic heterocycles. The minimum absolute atomic E-state index is 0.400. The highest BCUT2D eigenvalue weighted by Gasteiger charge is 2.35. The molecule has 0 fully saturated rings. The van der Waals surface area contributed by atoms with Crippen molar-refractivity contribution in [2.75, 3.05) is 6.54 Å². The molecule has 3 heterocycles. The Kier molecular flexibility index (Phi) is 4.42. The first-order valence-corrected chi connectivity index (χ1v) is 9.05. The highest BCUT2D eigenvalue weighted by Crippen LogP contribution is 2.29. The summed E-state index contributed by atoms with van der Waals surface area (Å²) in [4.78, 5) is 12.7. The normalized spacial score (nSPS) is 15.5. The molecular weight excluding hydrogens is 353 g/mol. The molecule has 0 saturated carbocycles. The lowest BCUT2D eigenvalue weighted by molar-refractivity contribution is -0.145. The number of hydrogen-bond donors (Lipinski definition) is 1. The van der Waals surface area contributed by atoms with Gasteiger partial charge in [0.15, 0.2) is 0 Å². The molecule has 3 aromatic rings. The molecule has 0 saturated heterocycles. The number of rotatable bonds is 3. The van der Waals surface area contributed by atoms with Gasteiger partial charge in [0.05, 0.1) is 5.69 Å². The second-order valence-corrected chi connectivity index (χ2v) is 7.40. The van der Waals surface area contributed by atoms with E-state index in [1.807, 2.05) is 6.20 Å². The predicted octanol–water partition coefficient (Wildman–Crippen LogP) is 4.66. The molecule has 0 radical (unpaired) electrons. The van der Waals surface area contributed by atoms with E-state index in [1.54, 1.807) is 0 Å². The predicted molar refractivity (Wildman–Crippen MR) is 97.2 cm³/mol. The van der Waals surface area contributed by atoms with E-state index in [-0.39, 0.29) is 0 Å². The van der Waals surface area contributed by atoms with Crippen molar-refractivity contribution < 1.29 is 13.2 Å². The van der Waals surface area contributed by atoms with Crippen LogP contribution < -0.4 is 0 Å². The van der Waals surface area contributed by atoms with Gasteiger partial charge in [0.2, 0.25) is 5.82 Å². The summed E-state index contributed by atoms with van der Waals surface area (Å²) in [6, 6.07) is 6.43. The minimum atomic E-state index is -4.51. The van der Waals surface area contributed by atoms with Gasteiger partial charge in [-0.1, -0.05) is 26.0 Å². The third-order valence-electron chi connectivity index (χ3n) is 5.13. The molecule has 4 nitrogen and oxygen atoms in total. The van der Waals surface area contributed by atoms with Crippen molar-refractivity contribution in [2.45, 2.75) is 45.5 Å². The summed E-state index contributed by atoms with van der Waals surface area (Å²) in [7, 11) is 0. The Morgan fingerprint density at radius 3 is 2.81 bits per heavy atom. The van der Waals surface area contributed by atoms with Crippen molar-refractivity contribution in [1.82, 2.24) is 19.9 Å². The van der Waals surface area contributed by atoms with Gasteiger partial charge < -0.3 is 4.98 Å². The molecule has 0 amide bonds. The van der Waals surface area contributed by atoms with Gasteiger partial charge in [0.1, 0.15) is 0 Å². The fraction of sp³-hybridized carbons (Fsp3) is 0.400. The molecule has 1 aliphatic rings. The van der Waals surface area contributed by atoms with E-state index in [4.69, 9.17) is 0 Å². The van der Waals surface area contributed by atoms with E-state index < -0.39 is 12.0 Å². The van der Waals surface area contributed by atoms with Gasteiger partial charge in [-0.25, -0.2) is 9.97 Å². The average Bonchev–Trinajstić information content (AvgIpc) is 3.02. The van der Waals surface area contributed by atoms with Crippen LogP contribution in [0.25, 0.3) is 10.9 Å². The van der Waals surface area contributed by atoms with Gasteiger partial charge in [-0.3, -0.25) is 4.90 Å². The SMILES string of the molecule is CC(C)c1ccc2c(CN3CCc4cnc(C(F)(F)F)nc4C3)c[nH]c2c1. The fourth-order valence-electron chi connectivity index (χ4n) is 3.56. The second-order valence-electron chi connectivity index (χ2n) is 7.40. The number of hydrogen-bond acceptors (Lipinski definition) is 3. The maximum atomic E-state index is 12.9. The largest absolute Gasteiger partial charge is 0.451 e. The Labute approximate surface area is 155 Å². The summed E-state index contributed by atoms with van der Waals surface area (Å²) in [5, 5.41) is 1.16. The van der Waals surface area contributed by atoms with Crippen molar-refractivity contribution in [2.24, 2.45) is 0 Å². The zero-order valence-corrected chi connectivity index (χ0v) is 15.3. The van der Waals surface area contributed by atoms with Crippen LogP contribution in [-0.2, 0) is 25.7 Å². The molecule has 27 heavy (non-hydrogen) atoms. The molecule has 0 atom stereocenters. The van der Waals surface area contributed by atoms with E-state index in [2.05, 4.69) is 51.9 Å². The standard InChI is InChI=1S/C20H21F3N4/c1-12(2)13-3-4-16-15(9-24-17(16)7-13)10-27-6-5-14-8-25-19(20(21,22)23)26-18(14)11-27/h3-4,7-9,12,24H,5-6,10-11H2,1-2H3. The van der Waals surface area contributed by atoms with Crippen molar-refractivity contribution in [3.8, 4) is 0 Å². The summed E-state index contributed by atoms with van der Waals surface area (Å²) in [6.07, 6.45) is -0.539. The lowest BCUT2D eigenvalue weighted by atomic mass is 10.0. The van der Waals surface area contributed by atoms with Crippen LogP contribution in [0, 0.1) is 0 Å². The molecule has 1 aromatic carbocycles. The molecule has 0 bridgehead atoms. The Balaban J connectivity index is 1.56. The van der Waals surface area contributed by atoms with E-state index in [0.717, 1.165) is 28.6 Å². The topological polar surface area (TPSA) is 44.8 Å². The molecular formula is C20H21F3N4. The van der Waals surface area contributed by atoms with E-state index in [1.165, 1.54) is 11.8 Å². The summed E-state index contributed by atoms with van der Waals surface area (Å²) in [5.74, 6) is -0.598. The number of aromatic nitrogens is 3. The zero-order valence-electron chi connectivity index (χ0n) is 15.3. The smallest absolute Gasteiger partial charge is 0.361 e. The maximum absolute atomic E-state index is 12.9. The van der Waals surface area contributed by atoms with Gasteiger partial charge in [0, 0.05) is 42.9 Å². The Morgan fingerprint density at radius 1 is 1.26 bits per heavy atom. The number of aromatic amines is 1. The van der Waals surface area contributed by atoms with Crippen molar-refractivity contribution in [1.29, 1.82) is 0 Å². The average molecular weight is 374 g/mol. The maximum Gasteiger partial charge on any atom is 0.451 e. The van der Waals surface area contributed by atoms with Crippen LogP contribution in [0.3, 0.4) is 0 Å². The second kappa shape index (κ2) is 6.64. The zero-order chi connectivity index (χ0) is 19.2. The summed E-state index contributed by atoms with van der Waals surface area (Å²) in [6.45, 7) is 6.17. The molecule has 1 N–H and O–H groups in total. The van der Waals surface area contributed by atoms with E-state index in [0.29, 0.717) is 31.1 Å². The number of H-pyrrole nitrogens is 1. The third kappa shape index (κ3) is 3.56. The van der Waals surface area contributed by atoms with Gasteiger partial charge in [-0.2, -0.15) is 13.2 Å². The van der Waals surface area contributed by atoms with Crippen LogP contribution in [0.5, 0.6) is 0 Å². The highest BCUT2D eigenvalue weighted by atomic mass is 19.4. The fourth-order valence-corrected chi connectivity index (χ4v) is 3.56. The Hall–Kier alpha value is -2.41. The first kappa shape index (κ1) is 18.0. The van der Waals surface area contributed by atoms with Gasteiger partial charge in [-0.05, 0) is 35.1 Å². The number of benzene rings is 1. The van der Waals surface area contributed by atoms with Crippen LogP contribution in [0.1, 0.15) is 48.0 Å². The molecule has 142 valence electrons. The third-order valence-corrected chi connectivity index (χ3v) is 5.13. The number of alkyl halides is 3. The number of halogens is 3. The van der Waals surface area contributed by atoms with Crippen molar-refractivity contribution in [3.63, 3.8) is 0 Å². The van der Waals surface area contributed by atoms with Gasteiger partial charge in [0.25, 0.3) is 0 Å². The molecule has 0 aliphatic carbocycles. The molecule has 0 unspecified atom stereocenters. The molecule has 4 rings (SSSR count). The Bertz CT molecular complexity index is 975. The summed E-state index contributed by atoms with van der Waals surface area (Å²) >= 11 is 0. The van der Waals surface area contributed by atoms with E-state index >= 15 is 0 Å². The number of nitrogens with zero attached hydrogens (tertiary/aromatic N) is 3. The molecule has 2 aromatic heterocycles. The summed E-state index contributed by atoms with van der Waals surface area (Å²) in [5.41, 5.74) is 4.80. The first-order valence-electron chi connectivity index (χ1n) is 9.05. The van der Waals surface area contributed by atoms with Gasteiger partial charge >= 0.3 is 6.18 Å². The lowest BCUT2D eigenvalue weighted by Crippen LogP contribution is -2.31. The first-order chi connectivity index (χ1) is 12.8. The van der Waals surface area contributed by atoms with Gasteiger partial charge in [-0.15, -0.1) is 0 Å². The minimum Gasteiger partial charge on any atom is -0.361 e. The molecule has 7 heteroatoms. The number of nitrogens with one attached hydrogen (secondary N) is 1. The Morgan fingerprint density at radius 2 is 2.07 bits per heavy atom. The number of fused-ring (bicyclic) bond motifs is 2. The van der Waals surface area contributed by atoms with Crippen LogP contribution in [0.4, 0.5) is 13.2 Å². The van der Waals surface area contributed by atoms with Crippen LogP contribution in [0.15, 0.2) is 30.6 Å². The van der Waals surface area contributed by atoms with Crippen LogP contribution in [-0.4, -0.2) is 26.4 Å². The van der Waals surface area contributed by atoms with Crippen LogP contribution in [0.2, 0.25) is 0 Å². The van der Waals surface area contributed by atoms with E-state index in [9.17, 15) is 13.2 Å². The van der Waals surface area contributed by atoms with Crippen molar-refractivity contribution in [3.05, 3.63) is 58.8 Å². The quantitative estimate of drug-likeness (QED) is 0.725. The summed E-state index contributed by atoms with van der Waals surface area (Å²) < 4.78 is 38.6. The monoisotopic (exact) mass is 374 g/mol. The molecule has 0 spiro atoms. The highest BCUT2D eigenvalue weighted by molar-refractivity contribution is 5.83. The lowest BCUT2D eigenvalue weighted by Gasteiger charge is -2.28. The van der Waals surface area contributed by atoms with Crippen molar-refractivity contribution >= 4 is 10.9 Å². The van der Waals surface area contributed by atoms with Crippen LogP contribution >= 0.6 is 0 Å².